The zero-order chi connectivity index (χ0) is 12.6. The number of benzene rings is 2. The summed E-state index contributed by atoms with van der Waals surface area (Å²) in [6.07, 6.45) is 9.36. The predicted octanol–water partition coefficient (Wildman–Crippen LogP) is 5.54. The van der Waals surface area contributed by atoms with Crippen LogP contribution in [0.5, 0.6) is 0 Å². The summed E-state index contributed by atoms with van der Waals surface area (Å²) in [5.74, 6) is 0. The number of aryl methyl sites for hydroxylation is 1. The summed E-state index contributed by atoms with van der Waals surface area (Å²) in [5, 5.41) is 2.64. The molecule has 0 aliphatic carbocycles. The molecule has 1 radical (unpaired) electrons. The van der Waals surface area contributed by atoms with Crippen molar-refractivity contribution in [3.63, 3.8) is 0 Å². The first-order valence-corrected chi connectivity index (χ1v) is 7.29. The van der Waals surface area contributed by atoms with Crippen molar-refractivity contribution in [2.24, 2.45) is 0 Å². The molecule has 0 saturated carbocycles. The molecule has 0 aromatic heterocycles. The highest BCUT2D eigenvalue weighted by molar-refractivity contribution is 5.82. The Morgan fingerprint density at radius 3 is 2.44 bits per heavy atom. The molecule has 0 saturated heterocycles. The first-order valence-electron chi connectivity index (χ1n) is 7.29. The average molecular weight is 239 g/mol. The van der Waals surface area contributed by atoms with Crippen molar-refractivity contribution in [1.29, 1.82) is 0 Å². The Bertz CT molecular complexity index is 470. The highest BCUT2D eigenvalue weighted by Crippen LogP contribution is 2.17. The fourth-order valence-electron chi connectivity index (χ4n) is 2.41. The van der Waals surface area contributed by atoms with Gasteiger partial charge in [0.15, 0.2) is 0 Å². The van der Waals surface area contributed by atoms with Crippen molar-refractivity contribution < 1.29 is 0 Å². The van der Waals surface area contributed by atoms with Crippen LogP contribution in [0.3, 0.4) is 0 Å². The van der Waals surface area contributed by atoms with Crippen molar-refractivity contribution in [2.75, 3.05) is 0 Å². The van der Waals surface area contributed by atoms with Gasteiger partial charge in [-0.15, -0.1) is 0 Å². The summed E-state index contributed by atoms with van der Waals surface area (Å²) in [6, 6.07) is 16.4. The maximum atomic E-state index is 3.41. The van der Waals surface area contributed by atoms with Crippen LogP contribution in [0.25, 0.3) is 10.8 Å². The Labute approximate surface area is 111 Å². The van der Waals surface area contributed by atoms with Gasteiger partial charge in [0.1, 0.15) is 0 Å². The maximum absolute atomic E-state index is 3.41. The van der Waals surface area contributed by atoms with Crippen molar-refractivity contribution in [3.05, 3.63) is 48.0 Å². The number of unbranched alkanes of at least 4 members (excludes halogenated alkanes) is 5. The number of rotatable bonds is 7. The molecule has 0 atom stereocenters. The van der Waals surface area contributed by atoms with Crippen LogP contribution < -0.4 is 0 Å². The third-order valence-corrected chi connectivity index (χ3v) is 3.54. The number of fused-ring (bicyclic) bond motifs is 1. The molecule has 2 rings (SSSR count). The second-order valence-electron chi connectivity index (χ2n) is 5.10. The van der Waals surface area contributed by atoms with Gasteiger partial charge in [0, 0.05) is 0 Å². The average Bonchev–Trinajstić information content (AvgIpc) is 2.42. The Balaban J connectivity index is 1.81. The van der Waals surface area contributed by atoms with E-state index >= 15 is 0 Å². The molecule has 0 aliphatic rings. The molecule has 0 fully saturated rings. The molecule has 18 heavy (non-hydrogen) atoms. The molecular weight excluding hydrogens is 216 g/mol. The standard InChI is InChI=1S/C18H23/c1-2-3-4-5-6-7-10-16-13-14-17-11-8-9-12-18(17)15-16/h8-9,11-12,14-15H,2-7,10H2,1H3. The second-order valence-corrected chi connectivity index (χ2v) is 5.10. The van der Waals surface area contributed by atoms with E-state index in [0.717, 1.165) is 0 Å². The van der Waals surface area contributed by atoms with Crippen LogP contribution in [0.4, 0.5) is 0 Å². The molecule has 95 valence electrons. The fraction of sp³-hybridized carbons (Fsp3) is 0.444. The van der Waals surface area contributed by atoms with E-state index in [2.05, 4.69) is 49.4 Å². The van der Waals surface area contributed by atoms with Crippen molar-refractivity contribution in [3.8, 4) is 0 Å². The predicted molar refractivity (Wildman–Crippen MR) is 79.9 cm³/mol. The van der Waals surface area contributed by atoms with E-state index in [4.69, 9.17) is 0 Å². The van der Waals surface area contributed by atoms with E-state index in [1.165, 1.54) is 61.3 Å². The first-order chi connectivity index (χ1) is 8.90. The van der Waals surface area contributed by atoms with Crippen LogP contribution in [0.2, 0.25) is 0 Å². The molecule has 2 aromatic rings. The highest BCUT2D eigenvalue weighted by atomic mass is 14.0. The van der Waals surface area contributed by atoms with Gasteiger partial charge in [-0.2, -0.15) is 0 Å². The Morgan fingerprint density at radius 2 is 1.61 bits per heavy atom. The van der Waals surface area contributed by atoms with E-state index < -0.39 is 0 Å². The molecular formula is C18H23. The molecule has 0 spiro atoms. The SMILES string of the molecule is CCCCCCCCc1[c]cc2ccccc2c1. The van der Waals surface area contributed by atoms with Crippen LogP contribution in [0.15, 0.2) is 36.4 Å². The molecule has 0 unspecified atom stereocenters. The quantitative estimate of drug-likeness (QED) is 0.556. The molecule has 2 aromatic carbocycles. The van der Waals surface area contributed by atoms with Gasteiger partial charge in [0.05, 0.1) is 0 Å². The molecule has 0 amide bonds. The monoisotopic (exact) mass is 239 g/mol. The lowest BCUT2D eigenvalue weighted by molar-refractivity contribution is 0.607. The summed E-state index contributed by atoms with van der Waals surface area (Å²) in [4.78, 5) is 0. The van der Waals surface area contributed by atoms with Crippen LogP contribution in [-0.2, 0) is 6.42 Å². The number of hydrogen-bond acceptors (Lipinski definition) is 0. The summed E-state index contributed by atoms with van der Waals surface area (Å²) in [6.45, 7) is 2.27. The van der Waals surface area contributed by atoms with E-state index in [9.17, 15) is 0 Å². The molecule has 0 N–H and O–H groups in total. The van der Waals surface area contributed by atoms with Gasteiger partial charge in [-0.25, -0.2) is 0 Å². The van der Waals surface area contributed by atoms with Crippen LogP contribution >= 0.6 is 0 Å². The normalized spacial score (nSPS) is 10.9. The van der Waals surface area contributed by atoms with Gasteiger partial charge < -0.3 is 0 Å². The van der Waals surface area contributed by atoms with Gasteiger partial charge in [-0.3, -0.25) is 0 Å². The lowest BCUT2D eigenvalue weighted by Crippen LogP contribution is -1.87. The van der Waals surface area contributed by atoms with Crippen LogP contribution in [-0.4, -0.2) is 0 Å². The summed E-state index contributed by atoms with van der Waals surface area (Å²) < 4.78 is 0. The maximum Gasteiger partial charge on any atom is -0.0143 e. The van der Waals surface area contributed by atoms with Gasteiger partial charge in [0.2, 0.25) is 0 Å². The molecule has 0 heterocycles. The van der Waals surface area contributed by atoms with Gasteiger partial charge in [-0.05, 0) is 41.3 Å². The fourth-order valence-corrected chi connectivity index (χ4v) is 2.41. The zero-order valence-electron chi connectivity index (χ0n) is 11.4. The van der Waals surface area contributed by atoms with Crippen LogP contribution in [0, 0.1) is 6.07 Å². The topological polar surface area (TPSA) is 0 Å². The molecule has 0 heteroatoms. The van der Waals surface area contributed by atoms with E-state index in [-0.39, 0.29) is 0 Å². The number of hydrogen-bond donors (Lipinski definition) is 0. The van der Waals surface area contributed by atoms with Crippen LogP contribution in [0.1, 0.15) is 51.0 Å². The van der Waals surface area contributed by atoms with Gasteiger partial charge >= 0.3 is 0 Å². The largest absolute Gasteiger partial charge is 0.0654 e. The highest BCUT2D eigenvalue weighted by Gasteiger charge is 1.97. The second kappa shape index (κ2) is 7.20. The summed E-state index contributed by atoms with van der Waals surface area (Å²) in [7, 11) is 0. The summed E-state index contributed by atoms with van der Waals surface area (Å²) >= 11 is 0. The molecule has 0 bridgehead atoms. The molecule has 0 nitrogen and oxygen atoms in total. The minimum atomic E-state index is 1.18. The first kappa shape index (κ1) is 13.1. The lowest BCUT2D eigenvalue weighted by Gasteiger charge is -2.03. The molecule has 0 aliphatic heterocycles. The third kappa shape index (κ3) is 3.87. The Kier molecular flexibility index (Phi) is 5.26. The lowest BCUT2D eigenvalue weighted by atomic mass is 10.0. The smallest absolute Gasteiger partial charge is 0.0143 e. The zero-order valence-corrected chi connectivity index (χ0v) is 11.4. The van der Waals surface area contributed by atoms with Gasteiger partial charge in [0.25, 0.3) is 0 Å². The van der Waals surface area contributed by atoms with Gasteiger partial charge in [-0.1, -0.05) is 69.4 Å². The minimum absolute atomic E-state index is 1.18. The van der Waals surface area contributed by atoms with E-state index in [0.29, 0.717) is 0 Å². The third-order valence-electron chi connectivity index (χ3n) is 3.54. The Morgan fingerprint density at radius 1 is 0.889 bits per heavy atom. The summed E-state index contributed by atoms with van der Waals surface area (Å²) in [5.41, 5.74) is 1.36. The minimum Gasteiger partial charge on any atom is -0.0654 e. The van der Waals surface area contributed by atoms with Crippen molar-refractivity contribution in [1.82, 2.24) is 0 Å². The van der Waals surface area contributed by atoms with Crippen molar-refractivity contribution in [2.45, 2.75) is 51.9 Å². The van der Waals surface area contributed by atoms with E-state index in [1.54, 1.807) is 0 Å². The van der Waals surface area contributed by atoms with Crippen molar-refractivity contribution >= 4 is 10.8 Å². The van der Waals surface area contributed by atoms with E-state index in [1.807, 2.05) is 0 Å². The Hall–Kier alpha value is -1.30.